The van der Waals surface area contributed by atoms with Crippen LogP contribution in [-0.4, -0.2) is 44.7 Å². The third-order valence-corrected chi connectivity index (χ3v) is 6.36. The molecule has 0 unspecified atom stereocenters. The van der Waals surface area contributed by atoms with Gasteiger partial charge in [-0.2, -0.15) is 0 Å². The maximum Gasteiger partial charge on any atom is 0.227 e. The van der Waals surface area contributed by atoms with E-state index in [1.807, 2.05) is 31.2 Å². The molecule has 2 heterocycles. The molecule has 154 valence electrons. The number of imidazole rings is 1. The van der Waals surface area contributed by atoms with Crippen LogP contribution in [0.2, 0.25) is 0 Å². The molecule has 1 fully saturated rings. The number of amidine groups is 2. The molecule has 7 nitrogen and oxygen atoms in total. The topological polar surface area (TPSA) is 123 Å². The molecular weight excluding hydrogens is 396 g/mol. The van der Waals surface area contributed by atoms with Gasteiger partial charge in [-0.3, -0.25) is 15.6 Å². The number of hydrogen-bond donors (Lipinski definition) is 4. The number of aromatic nitrogens is 2. The van der Waals surface area contributed by atoms with Gasteiger partial charge in [0.1, 0.15) is 5.84 Å². The summed E-state index contributed by atoms with van der Waals surface area (Å²) in [5, 5.41) is 15.7. The Bertz CT molecular complexity index is 1110. The van der Waals surface area contributed by atoms with Gasteiger partial charge in [-0.1, -0.05) is 24.3 Å². The summed E-state index contributed by atoms with van der Waals surface area (Å²) in [6.45, 7) is 3.66. The Labute approximate surface area is 179 Å². The first-order valence-electron chi connectivity index (χ1n) is 9.87. The number of carbonyl (C=O) groups is 1. The van der Waals surface area contributed by atoms with Gasteiger partial charge in [0, 0.05) is 24.2 Å². The van der Waals surface area contributed by atoms with Gasteiger partial charge >= 0.3 is 0 Å². The number of piperidine rings is 1. The molecule has 30 heavy (non-hydrogen) atoms. The van der Waals surface area contributed by atoms with E-state index in [1.165, 1.54) is 5.56 Å². The van der Waals surface area contributed by atoms with Crippen LogP contribution in [0.3, 0.4) is 0 Å². The summed E-state index contributed by atoms with van der Waals surface area (Å²) in [7, 11) is 0. The molecule has 1 aromatic heterocycles. The Kier molecular flexibility index (Phi) is 5.59. The summed E-state index contributed by atoms with van der Waals surface area (Å²) >= 11 is 1.06. The predicted octanol–water partition coefficient (Wildman–Crippen LogP) is 3.96. The van der Waals surface area contributed by atoms with Crippen molar-refractivity contribution >= 4 is 39.6 Å². The molecule has 4 rings (SSSR count). The van der Waals surface area contributed by atoms with Crippen LogP contribution >= 0.6 is 11.8 Å². The molecule has 1 aliphatic heterocycles. The van der Waals surface area contributed by atoms with Crippen LogP contribution in [0.1, 0.15) is 47.2 Å². The first kappa shape index (κ1) is 20.2. The van der Waals surface area contributed by atoms with Crippen LogP contribution in [0, 0.1) is 10.8 Å². The van der Waals surface area contributed by atoms with Crippen LogP contribution < -0.4 is 5.73 Å². The first-order chi connectivity index (χ1) is 14.4. The number of fused-ring (bicyclic) bond motifs is 1. The number of nitrogen functional groups attached to an aromatic ring is 1. The van der Waals surface area contributed by atoms with E-state index in [1.54, 1.807) is 18.2 Å². The zero-order chi connectivity index (χ0) is 21.3. The molecule has 8 heteroatoms. The highest BCUT2D eigenvalue weighted by Crippen LogP contribution is 2.29. The van der Waals surface area contributed by atoms with Gasteiger partial charge in [-0.15, -0.1) is 0 Å². The summed E-state index contributed by atoms with van der Waals surface area (Å²) in [6, 6.07) is 13.2. The van der Waals surface area contributed by atoms with Gasteiger partial charge in [0.2, 0.25) is 5.12 Å². The van der Waals surface area contributed by atoms with Crippen molar-refractivity contribution in [3.8, 4) is 0 Å². The quantitative estimate of drug-likeness (QED) is 0.289. The largest absolute Gasteiger partial charge is 0.384 e. The Morgan fingerprint density at radius 1 is 1.13 bits per heavy atom. The van der Waals surface area contributed by atoms with E-state index in [0.717, 1.165) is 48.7 Å². The van der Waals surface area contributed by atoms with Crippen LogP contribution in [0.4, 0.5) is 0 Å². The lowest BCUT2D eigenvalue weighted by Crippen LogP contribution is -2.35. The van der Waals surface area contributed by atoms with Gasteiger partial charge in [-0.05, 0) is 61.2 Å². The molecule has 0 radical (unpaired) electrons. The average Bonchev–Trinajstić information content (AvgIpc) is 3.15. The van der Waals surface area contributed by atoms with Crippen molar-refractivity contribution in [3.05, 3.63) is 59.2 Å². The molecule has 1 saturated heterocycles. The van der Waals surface area contributed by atoms with E-state index < -0.39 is 0 Å². The van der Waals surface area contributed by atoms with Gasteiger partial charge in [0.25, 0.3) is 0 Å². The standard InChI is InChI=1S/C22H24N6OS/c1-13(23)28-10-8-15(9-11-28)14-2-4-16(5-3-14)21(29)30-22-26-18-7-6-17(20(24)25)12-19(18)27-22/h2-7,12,15,23H,8-11H2,1H3,(H3,24,25)(H,26,27). The van der Waals surface area contributed by atoms with Crippen molar-refractivity contribution < 1.29 is 4.79 Å². The Morgan fingerprint density at radius 2 is 1.80 bits per heavy atom. The van der Waals surface area contributed by atoms with Crippen LogP contribution in [0.15, 0.2) is 47.6 Å². The van der Waals surface area contributed by atoms with Crippen molar-refractivity contribution in [1.82, 2.24) is 14.9 Å². The lowest BCUT2D eigenvalue weighted by Gasteiger charge is -2.33. The maximum absolute atomic E-state index is 12.7. The molecule has 0 atom stereocenters. The third-order valence-electron chi connectivity index (χ3n) is 5.55. The smallest absolute Gasteiger partial charge is 0.227 e. The van der Waals surface area contributed by atoms with Crippen molar-refractivity contribution in [2.45, 2.75) is 30.8 Å². The number of likely N-dealkylation sites (tertiary alicyclic amines) is 1. The first-order valence-corrected chi connectivity index (χ1v) is 10.7. The number of nitrogens with one attached hydrogen (secondary N) is 3. The number of aromatic amines is 1. The van der Waals surface area contributed by atoms with Crippen molar-refractivity contribution in [2.24, 2.45) is 5.73 Å². The zero-order valence-electron chi connectivity index (χ0n) is 16.7. The van der Waals surface area contributed by atoms with Gasteiger partial charge in [0.05, 0.1) is 16.9 Å². The molecule has 0 spiro atoms. The number of benzene rings is 2. The van der Waals surface area contributed by atoms with Crippen molar-refractivity contribution in [1.29, 1.82) is 10.8 Å². The van der Waals surface area contributed by atoms with E-state index in [0.29, 0.717) is 28.0 Å². The summed E-state index contributed by atoms with van der Waals surface area (Å²) in [4.78, 5) is 22.4. The minimum atomic E-state index is -0.0679. The summed E-state index contributed by atoms with van der Waals surface area (Å²) in [5.74, 6) is 1.10. The maximum atomic E-state index is 12.7. The fourth-order valence-corrected chi connectivity index (χ4v) is 4.52. The Hall–Kier alpha value is -3.13. The molecule has 5 N–H and O–H groups in total. The lowest BCUT2D eigenvalue weighted by molar-refractivity contribution is 0.108. The van der Waals surface area contributed by atoms with Gasteiger partial charge < -0.3 is 15.6 Å². The second-order valence-corrected chi connectivity index (χ2v) is 8.51. The molecule has 2 aromatic carbocycles. The zero-order valence-corrected chi connectivity index (χ0v) is 17.6. The number of hydrogen-bond acceptors (Lipinski definition) is 5. The monoisotopic (exact) mass is 420 g/mol. The summed E-state index contributed by atoms with van der Waals surface area (Å²) < 4.78 is 0. The number of thioether (sulfide) groups is 1. The molecule has 3 aromatic rings. The SMILES string of the molecule is CC(=N)N1CCC(c2ccc(C(=O)Sc3nc4ccc(C(=N)N)cc4[nH]3)cc2)CC1. The highest BCUT2D eigenvalue weighted by molar-refractivity contribution is 8.14. The van der Waals surface area contributed by atoms with Crippen LogP contribution in [0.25, 0.3) is 11.0 Å². The summed E-state index contributed by atoms with van der Waals surface area (Å²) in [6.07, 6.45) is 2.05. The minimum Gasteiger partial charge on any atom is -0.384 e. The number of nitrogens with zero attached hydrogens (tertiary/aromatic N) is 2. The second kappa shape index (κ2) is 8.31. The normalized spacial score (nSPS) is 14.8. The fraction of sp³-hybridized carbons (Fsp3) is 0.273. The number of rotatable bonds is 4. The van der Waals surface area contributed by atoms with E-state index in [-0.39, 0.29) is 11.0 Å². The Balaban J connectivity index is 1.42. The van der Waals surface area contributed by atoms with Gasteiger partial charge in [-0.25, -0.2) is 4.98 Å². The summed E-state index contributed by atoms with van der Waals surface area (Å²) in [5.41, 5.74) is 9.52. The minimum absolute atomic E-state index is 0.00416. The average molecular weight is 421 g/mol. The molecule has 0 bridgehead atoms. The number of H-pyrrole nitrogens is 1. The lowest BCUT2D eigenvalue weighted by atomic mass is 9.89. The Morgan fingerprint density at radius 3 is 2.43 bits per heavy atom. The molecular formula is C22H24N6OS. The highest BCUT2D eigenvalue weighted by atomic mass is 32.2. The van der Waals surface area contributed by atoms with Gasteiger partial charge in [0.15, 0.2) is 5.16 Å². The van der Waals surface area contributed by atoms with Crippen LogP contribution in [0.5, 0.6) is 0 Å². The molecule has 0 aliphatic carbocycles. The molecule has 1 aliphatic rings. The van der Waals surface area contributed by atoms with E-state index >= 15 is 0 Å². The van der Waals surface area contributed by atoms with E-state index in [2.05, 4.69) is 14.9 Å². The van der Waals surface area contributed by atoms with Crippen LogP contribution in [-0.2, 0) is 0 Å². The van der Waals surface area contributed by atoms with E-state index in [4.69, 9.17) is 16.6 Å². The van der Waals surface area contributed by atoms with E-state index in [9.17, 15) is 4.79 Å². The third kappa shape index (κ3) is 4.23. The molecule has 0 amide bonds. The number of nitrogens with two attached hydrogens (primary N) is 1. The van der Waals surface area contributed by atoms with Crippen molar-refractivity contribution in [2.75, 3.05) is 13.1 Å². The fourth-order valence-electron chi connectivity index (χ4n) is 3.79. The molecule has 0 saturated carbocycles. The highest BCUT2D eigenvalue weighted by Gasteiger charge is 2.21. The van der Waals surface area contributed by atoms with Crippen molar-refractivity contribution in [3.63, 3.8) is 0 Å². The number of carbonyl (C=O) groups excluding carboxylic acids is 1. The second-order valence-electron chi connectivity index (χ2n) is 7.55. The predicted molar refractivity (Wildman–Crippen MR) is 121 cm³/mol.